The SMILES string of the molecule is CSCC[C@@H](NC(=O)c1ccc(Cl)c(S(=O)(=O)N(C)C)c1)C(=O)O. The molecule has 24 heavy (non-hydrogen) atoms. The van der Waals surface area contributed by atoms with Gasteiger partial charge in [0.05, 0.1) is 5.02 Å². The smallest absolute Gasteiger partial charge is 0.326 e. The number of thioether (sulfide) groups is 1. The third kappa shape index (κ3) is 5.10. The molecule has 0 saturated heterocycles. The number of benzene rings is 1. The standard InChI is InChI=1S/C14H19ClN2O5S2/c1-17(2)24(21,22)12-8-9(4-5-10(12)15)13(18)16-11(14(19)20)6-7-23-3/h4-5,8,11H,6-7H2,1-3H3,(H,16,18)(H,19,20)/t11-/m1/s1. The molecule has 10 heteroatoms. The molecule has 0 saturated carbocycles. The van der Waals surface area contributed by atoms with Gasteiger partial charge in [0.25, 0.3) is 5.91 Å². The maximum Gasteiger partial charge on any atom is 0.326 e. The highest BCUT2D eigenvalue weighted by Gasteiger charge is 2.24. The van der Waals surface area contributed by atoms with E-state index < -0.39 is 27.9 Å². The molecule has 0 heterocycles. The van der Waals surface area contributed by atoms with Crippen molar-refractivity contribution in [3.05, 3.63) is 28.8 Å². The topological polar surface area (TPSA) is 104 Å². The Hall–Kier alpha value is -1.29. The lowest BCUT2D eigenvalue weighted by atomic mass is 10.1. The summed E-state index contributed by atoms with van der Waals surface area (Å²) >= 11 is 7.38. The summed E-state index contributed by atoms with van der Waals surface area (Å²) in [6.45, 7) is 0. The van der Waals surface area contributed by atoms with Crippen molar-refractivity contribution in [3.8, 4) is 0 Å². The summed E-state index contributed by atoms with van der Waals surface area (Å²) in [6, 6.07) is 2.74. The maximum absolute atomic E-state index is 12.3. The second-order valence-corrected chi connectivity index (χ2v) is 8.59. The lowest BCUT2D eigenvalue weighted by molar-refractivity contribution is -0.139. The van der Waals surface area contributed by atoms with Crippen molar-refractivity contribution in [2.45, 2.75) is 17.4 Å². The Morgan fingerprint density at radius 1 is 1.38 bits per heavy atom. The minimum Gasteiger partial charge on any atom is -0.480 e. The van der Waals surface area contributed by atoms with Crippen LogP contribution in [0.3, 0.4) is 0 Å². The molecular formula is C14H19ClN2O5S2. The van der Waals surface area contributed by atoms with E-state index in [1.807, 2.05) is 6.26 Å². The van der Waals surface area contributed by atoms with E-state index in [2.05, 4.69) is 5.32 Å². The molecule has 1 amide bonds. The monoisotopic (exact) mass is 394 g/mol. The third-order valence-electron chi connectivity index (χ3n) is 3.17. The predicted molar refractivity (Wildman–Crippen MR) is 94.2 cm³/mol. The molecular weight excluding hydrogens is 376 g/mol. The average molecular weight is 395 g/mol. The normalized spacial score (nSPS) is 12.9. The number of halogens is 1. The van der Waals surface area contributed by atoms with Crippen LogP contribution in [0, 0.1) is 0 Å². The number of aliphatic carboxylic acids is 1. The van der Waals surface area contributed by atoms with Crippen molar-refractivity contribution in [2.24, 2.45) is 0 Å². The van der Waals surface area contributed by atoms with Gasteiger partial charge in [0.1, 0.15) is 10.9 Å². The van der Waals surface area contributed by atoms with Gasteiger partial charge >= 0.3 is 5.97 Å². The minimum atomic E-state index is -3.82. The number of carbonyl (C=O) groups is 2. The van der Waals surface area contributed by atoms with Crippen LogP contribution in [0.15, 0.2) is 23.1 Å². The lowest BCUT2D eigenvalue weighted by Crippen LogP contribution is -2.41. The van der Waals surface area contributed by atoms with E-state index in [0.717, 1.165) is 10.4 Å². The van der Waals surface area contributed by atoms with Crippen LogP contribution >= 0.6 is 23.4 Å². The van der Waals surface area contributed by atoms with Crippen LogP contribution < -0.4 is 5.32 Å². The zero-order chi connectivity index (χ0) is 18.5. The van der Waals surface area contributed by atoms with Crippen LogP contribution in [0.5, 0.6) is 0 Å². The Balaban J connectivity index is 3.10. The quantitative estimate of drug-likeness (QED) is 0.692. The first-order valence-electron chi connectivity index (χ1n) is 6.86. The van der Waals surface area contributed by atoms with E-state index >= 15 is 0 Å². The number of amides is 1. The van der Waals surface area contributed by atoms with Crippen LogP contribution in [0.4, 0.5) is 0 Å². The van der Waals surface area contributed by atoms with E-state index in [0.29, 0.717) is 5.75 Å². The number of carboxylic acid groups (broad SMARTS) is 1. The fourth-order valence-corrected chi connectivity index (χ4v) is 3.64. The molecule has 134 valence electrons. The average Bonchev–Trinajstić information content (AvgIpc) is 2.50. The largest absolute Gasteiger partial charge is 0.480 e. The van der Waals surface area contributed by atoms with Gasteiger partial charge in [0.15, 0.2) is 0 Å². The highest BCUT2D eigenvalue weighted by Crippen LogP contribution is 2.24. The summed E-state index contributed by atoms with van der Waals surface area (Å²) in [6.07, 6.45) is 2.09. The van der Waals surface area contributed by atoms with Crippen LogP contribution in [0.1, 0.15) is 16.8 Å². The van der Waals surface area contributed by atoms with E-state index in [4.69, 9.17) is 16.7 Å². The molecule has 0 aliphatic heterocycles. The molecule has 7 nitrogen and oxygen atoms in total. The van der Waals surface area contributed by atoms with Crippen molar-refractivity contribution in [1.82, 2.24) is 9.62 Å². The molecule has 1 atom stereocenters. The molecule has 0 unspecified atom stereocenters. The molecule has 0 bridgehead atoms. The first-order chi connectivity index (χ1) is 11.1. The molecule has 0 aromatic heterocycles. The molecule has 1 aromatic rings. The van der Waals surface area contributed by atoms with Gasteiger partial charge in [-0.15, -0.1) is 0 Å². The first-order valence-corrected chi connectivity index (χ1v) is 10.1. The van der Waals surface area contributed by atoms with Crippen LogP contribution in [-0.4, -0.2) is 61.9 Å². The summed E-state index contributed by atoms with van der Waals surface area (Å²) < 4.78 is 25.4. The van der Waals surface area contributed by atoms with Gasteiger partial charge in [-0.25, -0.2) is 17.5 Å². The zero-order valence-electron chi connectivity index (χ0n) is 13.4. The van der Waals surface area contributed by atoms with Gasteiger partial charge in [0, 0.05) is 19.7 Å². The minimum absolute atomic E-state index is 0.0163. The van der Waals surface area contributed by atoms with Crippen molar-refractivity contribution in [3.63, 3.8) is 0 Å². The number of nitrogens with zero attached hydrogens (tertiary/aromatic N) is 1. The molecule has 0 aliphatic carbocycles. The van der Waals surface area contributed by atoms with Gasteiger partial charge in [-0.1, -0.05) is 11.6 Å². The molecule has 0 aliphatic rings. The van der Waals surface area contributed by atoms with Crippen molar-refractivity contribution < 1.29 is 23.1 Å². The van der Waals surface area contributed by atoms with E-state index in [1.54, 1.807) is 0 Å². The van der Waals surface area contributed by atoms with E-state index in [1.165, 1.54) is 38.0 Å². The van der Waals surface area contributed by atoms with E-state index in [-0.39, 0.29) is 21.9 Å². The van der Waals surface area contributed by atoms with Gasteiger partial charge in [-0.2, -0.15) is 11.8 Å². The third-order valence-corrected chi connectivity index (χ3v) is 6.11. The number of carboxylic acids is 1. The number of hydrogen-bond acceptors (Lipinski definition) is 5. The van der Waals surface area contributed by atoms with Crippen molar-refractivity contribution in [2.75, 3.05) is 26.1 Å². The summed E-state index contributed by atoms with van der Waals surface area (Å²) in [5, 5.41) is 11.5. The number of sulfonamides is 1. The number of rotatable bonds is 8. The summed E-state index contributed by atoms with van der Waals surface area (Å²) in [4.78, 5) is 23.2. The Bertz CT molecular complexity index is 722. The van der Waals surface area contributed by atoms with Gasteiger partial charge in [-0.3, -0.25) is 4.79 Å². The number of carbonyl (C=O) groups excluding carboxylic acids is 1. The molecule has 2 N–H and O–H groups in total. The fourth-order valence-electron chi connectivity index (χ4n) is 1.77. The molecule has 1 aromatic carbocycles. The fraction of sp³-hybridized carbons (Fsp3) is 0.429. The maximum atomic E-state index is 12.3. The van der Waals surface area contributed by atoms with Gasteiger partial charge in [-0.05, 0) is 36.6 Å². The van der Waals surface area contributed by atoms with Crippen LogP contribution in [0.2, 0.25) is 5.02 Å². The summed E-state index contributed by atoms with van der Waals surface area (Å²) in [7, 11) is -1.12. The Morgan fingerprint density at radius 3 is 2.50 bits per heavy atom. The molecule has 1 rings (SSSR count). The van der Waals surface area contributed by atoms with Crippen LogP contribution in [-0.2, 0) is 14.8 Å². The lowest BCUT2D eigenvalue weighted by Gasteiger charge is -2.16. The Morgan fingerprint density at radius 2 is 2.00 bits per heavy atom. The molecule has 0 spiro atoms. The molecule has 0 radical (unpaired) electrons. The molecule has 0 fully saturated rings. The highest BCUT2D eigenvalue weighted by atomic mass is 35.5. The first kappa shape index (κ1) is 20.8. The summed E-state index contributed by atoms with van der Waals surface area (Å²) in [5.41, 5.74) is 0.0234. The van der Waals surface area contributed by atoms with Crippen LogP contribution in [0.25, 0.3) is 0 Å². The van der Waals surface area contributed by atoms with Gasteiger partial charge < -0.3 is 10.4 Å². The number of nitrogens with one attached hydrogen (secondary N) is 1. The number of hydrogen-bond donors (Lipinski definition) is 2. The predicted octanol–water partition coefficient (Wildman–Crippen LogP) is 1.53. The highest BCUT2D eigenvalue weighted by molar-refractivity contribution is 7.98. The Kier molecular flexibility index (Phi) is 7.53. The van der Waals surface area contributed by atoms with Crippen molar-refractivity contribution >= 4 is 45.3 Å². The zero-order valence-corrected chi connectivity index (χ0v) is 15.8. The summed E-state index contributed by atoms with van der Waals surface area (Å²) in [5.74, 6) is -1.25. The van der Waals surface area contributed by atoms with E-state index in [9.17, 15) is 18.0 Å². The second-order valence-electron chi connectivity index (χ2n) is 5.08. The van der Waals surface area contributed by atoms with Crippen molar-refractivity contribution in [1.29, 1.82) is 0 Å². The van der Waals surface area contributed by atoms with Gasteiger partial charge in [0.2, 0.25) is 10.0 Å². The second kappa shape index (κ2) is 8.70. The Labute approximate surface area is 150 Å².